The molecule has 3 aromatic carbocycles. The summed E-state index contributed by atoms with van der Waals surface area (Å²) in [5.41, 5.74) is 5.94. The van der Waals surface area contributed by atoms with E-state index in [1.54, 1.807) is 22.3 Å². The number of aliphatic hydroxyl groups is 1. The first-order valence-corrected chi connectivity index (χ1v) is 37.2. The Morgan fingerprint density at radius 3 is 2.42 bits per heavy atom. The third-order valence-corrected chi connectivity index (χ3v) is 22.8. The Bertz CT molecular complexity index is 4130. The number of nitrogens with one attached hydrogen (secondary N) is 4. The van der Waals surface area contributed by atoms with E-state index in [2.05, 4.69) is 36.6 Å². The van der Waals surface area contributed by atoms with Gasteiger partial charge in [-0.15, -0.1) is 27.8 Å². The number of unbranched alkanes of at least 4 members (excludes halogenated alkanes) is 2. The Morgan fingerprint density at radius 1 is 0.950 bits per heavy atom. The molecule has 3 aromatic heterocycles. The van der Waals surface area contributed by atoms with Crippen LogP contribution in [0.25, 0.3) is 20.5 Å². The molecule has 32 heteroatoms. The zero-order valence-corrected chi connectivity index (χ0v) is 59.0. The SMILES string of the molecule is CC(=O)N1CC[C@H]2CC[C@@H](C(=O)N[C@@H](CCC(N)=O)COc3cccc(CCCCCNC(=O)C[C@H](NC(=O)[C@@H]4C[C@@H](O)CN4C(=O)[C@H]4n5nnc(C6CC6)c5COCC4(C)C)c4ccc(-c5scnc5C)cc4)c3Cl)N2C(=O)[C@@H](NC(=O)c2cc3cc(C(F)(F)P(=O)(O)O)ccc3s2)C1. The molecule has 11 rings (SSSR count). The Hall–Kier alpha value is -7.83. The van der Waals surface area contributed by atoms with Gasteiger partial charge in [-0.25, -0.2) is 9.67 Å². The molecular weight excluding hydrogens is 1380 g/mol. The summed E-state index contributed by atoms with van der Waals surface area (Å²) in [6, 6.07) is 10.6. The molecule has 0 radical (unpaired) electrons. The van der Waals surface area contributed by atoms with Crippen LogP contribution in [0.4, 0.5) is 8.78 Å². The average molecular weight is 1460 g/mol. The number of nitrogens with two attached hydrogens (primary N) is 1. The number of amides is 8. The van der Waals surface area contributed by atoms with Gasteiger partial charge in [-0.2, -0.15) is 8.78 Å². The molecule has 9 N–H and O–H groups in total. The predicted molar refractivity (Wildman–Crippen MR) is 366 cm³/mol. The van der Waals surface area contributed by atoms with Crippen LogP contribution in [0.1, 0.15) is 159 Å². The number of aromatic nitrogens is 4. The number of thiophene rings is 1. The van der Waals surface area contributed by atoms with Crippen LogP contribution in [-0.2, 0) is 61.6 Å². The fraction of sp³-hybridized carbons (Fsp3) is 0.515. The number of likely N-dealkylation sites (tertiary alicyclic amines) is 1. The monoisotopic (exact) mass is 1460 g/mol. The molecule has 1 aliphatic carbocycles. The summed E-state index contributed by atoms with van der Waals surface area (Å²) in [6.45, 7) is 7.62. The molecule has 26 nitrogen and oxygen atoms in total. The first-order valence-electron chi connectivity index (χ1n) is 33.5. The van der Waals surface area contributed by atoms with E-state index in [9.17, 15) is 66.6 Å². The standard InChI is InChI=1S/C68H82ClF2N12O14PS2/c1-37-60(99-36-74-37)42-16-12-39(13-17-42)48(76-63(89)51-29-47(85)31-81(51)66(92)61-67(3,4)35-96-34-52-59(41-14-15-41)78-79-83(52)61)30-57(87)73-25-7-5-6-9-40-10-8-11-53(58(40)69)97-33-45(19-23-56(72)86)75-62(88)50-21-20-46-24-26-80(38(2)84)32-49(65(91)82(46)50)77-64(90)55-28-43-27-44(18-22-54(43)100-55)68(70,71)98(93,94)95/h8,10-13,16-18,22,27-28,36,41,45-51,61,85H,5-7,9,14-15,19-21,23-26,29-35H2,1-4H3,(H2,72,86)(H,73,87)(H,75,88)(H,76,89)(H,77,90)(H2,93,94,95)/t45-,46+,47+,48-,49-,50-,51-,61+/m0/s1. The average Bonchev–Trinajstić information content (AvgIpc) is 1.60. The minimum absolute atomic E-state index is 0.00744. The molecule has 0 bridgehead atoms. The number of ether oxygens (including phenoxy) is 2. The van der Waals surface area contributed by atoms with Gasteiger partial charge in [0.25, 0.3) is 5.91 Å². The maximum atomic E-state index is 14.9. The van der Waals surface area contributed by atoms with Crippen molar-refractivity contribution in [3.63, 3.8) is 0 Å². The number of thiazole rings is 1. The molecule has 0 unspecified atom stereocenters. The maximum Gasteiger partial charge on any atom is 0.399 e. The van der Waals surface area contributed by atoms with Crippen molar-refractivity contribution in [2.24, 2.45) is 11.1 Å². The Balaban J connectivity index is 0.690. The van der Waals surface area contributed by atoms with E-state index < -0.39 is 102 Å². The van der Waals surface area contributed by atoms with Crippen LogP contribution < -0.4 is 31.7 Å². The summed E-state index contributed by atoms with van der Waals surface area (Å²) < 4.78 is 55.2. The number of aryl methyl sites for hydroxylation is 2. The molecular formula is C68H82ClF2N12O14PS2. The number of aliphatic hydroxyl groups excluding tert-OH is 1. The first kappa shape index (κ1) is 73.4. The van der Waals surface area contributed by atoms with Gasteiger partial charge in [0, 0.05) is 73.6 Å². The predicted octanol–water partition coefficient (Wildman–Crippen LogP) is 7.06. The van der Waals surface area contributed by atoms with E-state index in [-0.39, 0.29) is 105 Å². The Kier molecular flexibility index (Phi) is 22.6. The lowest BCUT2D eigenvalue weighted by Crippen LogP contribution is -2.61. The van der Waals surface area contributed by atoms with Gasteiger partial charge in [-0.05, 0) is 111 Å². The molecule has 0 spiro atoms. The lowest BCUT2D eigenvalue weighted by Gasteiger charge is -2.38. The van der Waals surface area contributed by atoms with Crippen molar-refractivity contribution >= 4 is 99.2 Å². The molecule has 8 amide bonds. The third-order valence-electron chi connectivity index (χ3n) is 19.3. The van der Waals surface area contributed by atoms with Crippen molar-refractivity contribution in [3.8, 4) is 16.2 Å². The Labute approximate surface area is 588 Å². The van der Waals surface area contributed by atoms with Crippen LogP contribution in [0.15, 0.2) is 72.2 Å². The van der Waals surface area contributed by atoms with Crippen LogP contribution in [-0.4, -0.2) is 173 Å². The second-order valence-corrected chi connectivity index (χ2v) is 31.2. The quantitative estimate of drug-likeness (QED) is 0.0199. The van der Waals surface area contributed by atoms with Crippen LogP contribution >= 0.6 is 41.9 Å². The minimum atomic E-state index is -5.89. The highest BCUT2D eigenvalue weighted by molar-refractivity contribution is 7.52. The summed E-state index contributed by atoms with van der Waals surface area (Å²) in [5.74, 6) is -3.64. The number of hydrogen-bond acceptors (Lipinski definition) is 17. The zero-order valence-electron chi connectivity index (χ0n) is 55.7. The van der Waals surface area contributed by atoms with Gasteiger partial charge < -0.3 is 66.1 Å². The summed E-state index contributed by atoms with van der Waals surface area (Å²) in [5, 5.41) is 32.2. The first-order chi connectivity index (χ1) is 47.6. The van der Waals surface area contributed by atoms with Gasteiger partial charge in [0.05, 0.1) is 75.2 Å². The topological polar surface area (TPSA) is 360 Å². The third kappa shape index (κ3) is 16.5. The Morgan fingerprint density at radius 2 is 1.71 bits per heavy atom. The molecule has 6 aromatic rings. The largest absolute Gasteiger partial charge is 0.490 e. The van der Waals surface area contributed by atoms with Gasteiger partial charge in [0.2, 0.25) is 41.4 Å². The fourth-order valence-electron chi connectivity index (χ4n) is 13.8. The molecule has 5 aliphatic rings. The number of primary amides is 1. The minimum Gasteiger partial charge on any atom is -0.490 e. The smallest absolute Gasteiger partial charge is 0.399 e. The fourth-order valence-corrected chi connectivity index (χ4v) is 16.3. The van der Waals surface area contributed by atoms with Gasteiger partial charge in [0.15, 0.2) is 0 Å². The van der Waals surface area contributed by atoms with E-state index >= 15 is 0 Å². The lowest BCUT2D eigenvalue weighted by atomic mass is 9.84. The van der Waals surface area contributed by atoms with Crippen molar-refractivity contribution in [2.45, 2.75) is 178 Å². The summed E-state index contributed by atoms with van der Waals surface area (Å²) in [6.07, 6.45) is 4.19. The number of halogens is 3. The molecule has 4 fully saturated rings. The number of alkyl halides is 2. The van der Waals surface area contributed by atoms with Crippen molar-refractivity contribution in [1.82, 2.24) is 55.9 Å². The number of rotatable bonds is 26. The molecule has 8 atom stereocenters. The van der Waals surface area contributed by atoms with Crippen LogP contribution in [0.3, 0.4) is 0 Å². The van der Waals surface area contributed by atoms with Crippen LogP contribution in [0, 0.1) is 12.3 Å². The second-order valence-electron chi connectivity index (χ2n) is 27.2. The number of β-amino-alcohol motifs (C(OH)–C–C–N with tert-alkyl or cyclic N) is 1. The molecule has 536 valence electrons. The van der Waals surface area contributed by atoms with Gasteiger partial charge in [-0.3, -0.25) is 42.9 Å². The number of nitrogens with zero attached hydrogens (tertiary/aromatic N) is 7. The van der Waals surface area contributed by atoms with Crippen molar-refractivity contribution in [2.75, 3.05) is 39.4 Å². The van der Waals surface area contributed by atoms with Gasteiger partial charge in [-0.1, -0.05) is 79.5 Å². The molecule has 1 saturated carbocycles. The normalized spacial score (nSPS) is 21.5. The maximum absolute atomic E-state index is 14.9. The van der Waals surface area contributed by atoms with E-state index in [1.165, 1.54) is 45.1 Å². The number of carbonyl (C=O) groups excluding carboxylic acids is 8. The van der Waals surface area contributed by atoms with Gasteiger partial charge >= 0.3 is 13.3 Å². The van der Waals surface area contributed by atoms with Crippen molar-refractivity contribution in [1.29, 1.82) is 0 Å². The van der Waals surface area contributed by atoms with E-state index in [1.807, 2.05) is 51.1 Å². The lowest BCUT2D eigenvalue weighted by molar-refractivity contribution is -0.145. The summed E-state index contributed by atoms with van der Waals surface area (Å²) in [4.78, 5) is 140. The number of fused-ring (bicyclic) bond motifs is 3. The van der Waals surface area contributed by atoms with Crippen molar-refractivity contribution < 1.29 is 76.1 Å². The van der Waals surface area contributed by atoms with E-state index in [4.69, 9.17) is 26.8 Å². The summed E-state index contributed by atoms with van der Waals surface area (Å²) >= 11 is 9.36. The van der Waals surface area contributed by atoms with Gasteiger partial charge in [0.1, 0.15) is 36.5 Å². The zero-order chi connectivity index (χ0) is 71.5. The van der Waals surface area contributed by atoms with E-state index in [0.717, 1.165) is 69.4 Å². The van der Waals surface area contributed by atoms with Crippen molar-refractivity contribution in [3.05, 3.63) is 116 Å². The highest BCUT2D eigenvalue weighted by atomic mass is 35.5. The number of benzene rings is 3. The highest BCUT2D eigenvalue weighted by Gasteiger charge is 2.52. The molecule has 100 heavy (non-hydrogen) atoms. The highest BCUT2D eigenvalue weighted by Crippen LogP contribution is 2.59. The summed E-state index contributed by atoms with van der Waals surface area (Å²) in [7, 11) is -5.89. The second kappa shape index (κ2) is 30.8. The van der Waals surface area contributed by atoms with Crippen LogP contribution in [0.5, 0.6) is 5.75 Å². The number of hydrogen-bond donors (Lipinski definition) is 8. The molecule has 3 saturated heterocycles. The van der Waals surface area contributed by atoms with Crippen LogP contribution in [0.2, 0.25) is 5.02 Å². The number of carbonyl (C=O) groups is 8. The molecule has 7 heterocycles. The molecule has 4 aliphatic heterocycles. The van der Waals surface area contributed by atoms with E-state index in [0.29, 0.717) is 66.1 Å².